The summed E-state index contributed by atoms with van der Waals surface area (Å²) in [6.07, 6.45) is 4.70. The molecule has 0 spiro atoms. The van der Waals surface area contributed by atoms with Gasteiger partial charge in [0.1, 0.15) is 0 Å². The fourth-order valence-electron chi connectivity index (χ4n) is 12.5. The van der Waals surface area contributed by atoms with Crippen LogP contribution in [-0.2, 0) is 27.1 Å². The Morgan fingerprint density at radius 1 is 0.418 bits per heavy atom. The van der Waals surface area contributed by atoms with Gasteiger partial charge < -0.3 is 9.80 Å². The molecule has 0 radical (unpaired) electrons. The molecule has 7 aromatic carbocycles. The first kappa shape index (κ1) is 43.8. The van der Waals surface area contributed by atoms with Gasteiger partial charge in [-0.2, -0.15) is 0 Å². The minimum absolute atomic E-state index is 0.0126. The number of fused-ring (bicyclic) bond motifs is 6. The summed E-state index contributed by atoms with van der Waals surface area (Å²) in [6.45, 7) is 31.5. The molecule has 0 saturated carbocycles. The highest BCUT2D eigenvalue weighted by molar-refractivity contribution is 7.00. The number of hydrogen-bond acceptors (Lipinski definition) is 2. The highest BCUT2D eigenvalue weighted by atomic mass is 15.2. The number of rotatable bonds is 4. The van der Waals surface area contributed by atoms with Crippen LogP contribution in [0.2, 0.25) is 0 Å². The van der Waals surface area contributed by atoms with Crippen molar-refractivity contribution in [3.05, 3.63) is 172 Å². The van der Waals surface area contributed by atoms with Crippen molar-refractivity contribution >= 4 is 57.2 Å². The van der Waals surface area contributed by atoms with Gasteiger partial charge >= 0.3 is 0 Å². The van der Waals surface area contributed by atoms with E-state index in [1.54, 1.807) is 0 Å². The summed E-state index contributed by atoms with van der Waals surface area (Å²) in [6, 6.07) is 52.4. The van der Waals surface area contributed by atoms with Crippen molar-refractivity contribution in [3.8, 4) is 22.3 Å². The lowest BCUT2D eigenvalue weighted by Gasteiger charge is -2.48. The summed E-state index contributed by atoms with van der Waals surface area (Å²) in [5.41, 5.74) is 27.0. The molecule has 0 bridgehead atoms. The Kier molecular flexibility index (Phi) is 9.70. The number of hydrogen-bond donors (Lipinski definition) is 0. The molecule has 0 fully saturated rings. The van der Waals surface area contributed by atoms with Gasteiger partial charge in [-0.1, -0.05) is 167 Å². The normalized spacial score (nSPS) is 18.1. The summed E-state index contributed by atoms with van der Waals surface area (Å²) >= 11 is 0. The molecule has 0 N–H and O–H groups in total. The standard InChI is InChI=1S/C64H69BN2/c1-40-32-57-59-58(33-40)67(55-38-49-47(34-41(55)2)61(6,7)28-30-63(49,10)11)54-26-24-44(42-20-16-14-17-21-42)35-51(54)65(59)52-37-48-50(64(12,13)31-29-62(48,8)9)39-56(52)66(57)53-27-25-45(60(3,4)5)36-46(53)43-22-18-15-19-23-43/h14-27,32-39H,28-31H2,1-13H3. The van der Waals surface area contributed by atoms with Crippen LogP contribution in [0.25, 0.3) is 22.3 Å². The number of benzene rings is 7. The molecular weight excluding hydrogens is 808 g/mol. The molecule has 0 saturated heterocycles. The molecule has 2 aliphatic carbocycles. The number of anilines is 6. The van der Waals surface area contributed by atoms with Crippen LogP contribution in [0.3, 0.4) is 0 Å². The van der Waals surface area contributed by atoms with Crippen LogP contribution in [0.1, 0.15) is 141 Å². The van der Waals surface area contributed by atoms with E-state index in [4.69, 9.17) is 0 Å². The minimum atomic E-state index is -0.0126. The highest BCUT2D eigenvalue weighted by Crippen LogP contribution is 2.54. The van der Waals surface area contributed by atoms with E-state index in [1.807, 2.05) is 0 Å². The Hall–Kier alpha value is -5.80. The maximum atomic E-state index is 2.69. The molecule has 11 rings (SSSR count). The average Bonchev–Trinajstić information content (AvgIpc) is 3.29. The van der Waals surface area contributed by atoms with Crippen LogP contribution in [0.15, 0.2) is 133 Å². The molecule has 0 atom stereocenters. The molecule has 3 heteroatoms. The zero-order chi connectivity index (χ0) is 47.2. The maximum Gasteiger partial charge on any atom is 0.252 e. The number of aryl methyl sites for hydroxylation is 2. The second kappa shape index (κ2) is 14.9. The van der Waals surface area contributed by atoms with E-state index in [9.17, 15) is 0 Å². The Morgan fingerprint density at radius 3 is 1.46 bits per heavy atom. The molecule has 338 valence electrons. The van der Waals surface area contributed by atoms with Crippen LogP contribution in [0, 0.1) is 13.8 Å². The minimum Gasteiger partial charge on any atom is -0.311 e. The summed E-state index contributed by atoms with van der Waals surface area (Å²) in [5.74, 6) is 0. The Labute approximate surface area is 402 Å². The van der Waals surface area contributed by atoms with E-state index in [0.717, 1.165) is 6.42 Å². The summed E-state index contributed by atoms with van der Waals surface area (Å²) in [5, 5.41) is 0. The lowest BCUT2D eigenvalue weighted by atomic mass is 9.33. The third-order valence-electron chi connectivity index (χ3n) is 16.9. The van der Waals surface area contributed by atoms with Crippen molar-refractivity contribution in [2.45, 2.75) is 143 Å². The van der Waals surface area contributed by atoms with Crippen molar-refractivity contribution in [2.75, 3.05) is 9.80 Å². The molecule has 0 amide bonds. The lowest BCUT2D eigenvalue weighted by Crippen LogP contribution is -2.62. The van der Waals surface area contributed by atoms with Crippen molar-refractivity contribution in [2.24, 2.45) is 0 Å². The Balaban J connectivity index is 1.28. The Morgan fingerprint density at radius 2 is 0.896 bits per heavy atom. The van der Waals surface area contributed by atoms with E-state index in [-0.39, 0.29) is 33.8 Å². The highest BCUT2D eigenvalue weighted by Gasteiger charge is 2.48. The van der Waals surface area contributed by atoms with Crippen LogP contribution in [0.5, 0.6) is 0 Å². The molecule has 2 nitrogen and oxygen atoms in total. The predicted octanol–water partition coefficient (Wildman–Crippen LogP) is 15.7. The van der Waals surface area contributed by atoms with E-state index in [2.05, 4.69) is 233 Å². The molecule has 7 aromatic rings. The van der Waals surface area contributed by atoms with Crippen LogP contribution in [0.4, 0.5) is 34.1 Å². The molecule has 4 aliphatic rings. The zero-order valence-corrected chi connectivity index (χ0v) is 42.5. The van der Waals surface area contributed by atoms with Gasteiger partial charge in [-0.05, 0) is 181 Å². The molecule has 2 heterocycles. The SMILES string of the molecule is Cc1cc2c3c(c1)N(c1ccc(C(C)(C)C)cc1-c1ccccc1)c1cc4c(cc1B3c1cc(-c3ccccc3)ccc1N2c1cc2c(cc1C)C(C)(C)CCC2(C)C)C(C)(C)CCC4(C)C. The smallest absolute Gasteiger partial charge is 0.252 e. The van der Waals surface area contributed by atoms with Gasteiger partial charge in [0.25, 0.3) is 6.71 Å². The van der Waals surface area contributed by atoms with E-state index >= 15 is 0 Å². The van der Waals surface area contributed by atoms with Gasteiger partial charge in [-0.3, -0.25) is 0 Å². The third kappa shape index (κ3) is 6.88. The second-order valence-corrected chi connectivity index (χ2v) is 24.5. The molecule has 67 heavy (non-hydrogen) atoms. The van der Waals surface area contributed by atoms with Gasteiger partial charge in [0.05, 0.1) is 5.69 Å². The molecule has 0 aromatic heterocycles. The molecule has 2 aliphatic heterocycles. The third-order valence-corrected chi connectivity index (χ3v) is 16.9. The Bertz CT molecular complexity index is 3140. The monoisotopic (exact) mass is 877 g/mol. The topological polar surface area (TPSA) is 6.48 Å². The van der Waals surface area contributed by atoms with Gasteiger partial charge in [-0.15, -0.1) is 0 Å². The second-order valence-electron chi connectivity index (χ2n) is 24.5. The molecule has 0 unspecified atom stereocenters. The van der Waals surface area contributed by atoms with Gasteiger partial charge in [0, 0.05) is 34.0 Å². The first-order valence-electron chi connectivity index (χ1n) is 25.1. The summed E-state index contributed by atoms with van der Waals surface area (Å²) < 4.78 is 0. The van der Waals surface area contributed by atoms with Crippen LogP contribution < -0.4 is 26.2 Å². The summed E-state index contributed by atoms with van der Waals surface area (Å²) in [7, 11) is 0. The van der Waals surface area contributed by atoms with Crippen molar-refractivity contribution in [1.82, 2.24) is 0 Å². The first-order valence-corrected chi connectivity index (χ1v) is 25.1. The maximum absolute atomic E-state index is 2.69. The van der Waals surface area contributed by atoms with Gasteiger partial charge in [0.2, 0.25) is 0 Å². The van der Waals surface area contributed by atoms with E-state index in [0.29, 0.717) is 0 Å². The van der Waals surface area contributed by atoms with E-state index in [1.165, 1.54) is 131 Å². The first-order chi connectivity index (χ1) is 31.6. The number of nitrogens with zero attached hydrogens (tertiary/aromatic N) is 2. The average molecular weight is 877 g/mol. The quantitative estimate of drug-likeness (QED) is 0.163. The van der Waals surface area contributed by atoms with Crippen molar-refractivity contribution in [1.29, 1.82) is 0 Å². The lowest BCUT2D eigenvalue weighted by molar-refractivity contribution is 0.332. The van der Waals surface area contributed by atoms with Gasteiger partial charge in [-0.25, -0.2) is 0 Å². The fraction of sp³-hybridized carbons (Fsp3) is 0.344. The van der Waals surface area contributed by atoms with Crippen LogP contribution in [-0.4, -0.2) is 6.71 Å². The fourth-order valence-corrected chi connectivity index (χ4v) is 12.5. The zero-order valence-electron chi connectivity index (χ0n) is 42.5. The largest absolute Gasteiger partial charge is 0.311 e. The van der Waals surface area contributed by atoms with Crippen molar-refractivity contribution < 1.29 is 0 Å². The molecular formula is C64H69BN2. The van der Waals surface area contributed by atoms with E-state index < -0.39 is 0 Å². The predicted molar refractivity (Wildman–Crippen MR) is 290 cm³/mol. The van der Waals surface area contributed by atoms with Crippen LogP contribution >= 0.6 is 0 Å². The summed E-state index contributed by atoms with van der Waals surface area (Å²) in [4.78, 5) is 5.37. The van der Waals surface area contributed by atoms with Gasteiger partial charge in [0.15, 0.2) is 0 Å². The van der Waals surface area contributed by atoms with Crippen molar-refractivity contribution in [3.63, 3.8) is 0 Å².